The van der Waals surface area contributed by atoms with Gasteiger partial charge in [-0.2, -0.15) is 0 Å². The first-order valence-electron chi connectivity index (χ1n) is 17.0. The van der Waals surface area contributed by atoms with Gasteiger partial charge in [0.25, 0.3) is 11.8 Å². The Bertz CT molecular complexity index is 1220. The molecule has 5 N–H and O–H groups in total. The molecule has 6 atom stereocenters. The van der Waals surface area contributed by atoms with E-state index in [1.165, 1.54) is 15.9 Å². The maximum atomic E-state index is 14.2. The highest BCUT2D eigenvalue weighted by Gasteiger charge is 2.46. The number of rotatable bonds is 13. The molecule has 2 heterocycles. The summed E-state index contributed by atoms with van der Waals surface area (Å²) in [6.45, 7) is 16.7. The zero-order valence-electron chi connectivity index (χ0n) is 29.6. The van der Waals surface area contributed by atoms with Gasteiger partial charge >= 0.3 is 6.03 Å². The molecule has 3 fully saturated rings. The smallest absolute Gasteiger partial charge is 0.315 e. The number of urea groups is 1. The minimum Gasteiger partial charge on any atom is -0.371 e. The molecule has 14 heteroatoms. The largest absolute Gasteiger partial charge is 0.371 e. The van der Waals surface area contributed by atoms with Gasteiger partial charge in [0.05, 0.1) is 18.7 Å². The predicted molar refractivity (Wildman–Crippen MR) is 178 cm³/mol. The summed E-state index contributed by atoms with van der Waals surface area (Å²) in [4.78, 5) is 82.4. The quantitative estimate of drug-likeness (QED) is 0.142. The van der Waals surface area contributed by atoms with Gasteiger partial charge in [-0.25, -0.2) is 4.79 Å². The highest BCUT2D eigenvalue weighted by molar-refractivity contribution is 6.38. The Morgan fingerprint density at radius 2 is 1.69 bits per heavy atom. The zero-order valence-corrected chi connectivity index (χ0v) is 29.6. The molecule has 270 valence electrons. The van der Waals surface area contributed by atoms with Crippen LogP contribution in [0.2, 0.25) is 0 Å². The average molecular weight is 677 g/mol. The van der Waals surface area contributed by atoms with Crippen molar-refractivity contribution >= 4 is 35.4 Å². The number of Topliss-reactive ketones (excluding diaryl/α,β-unsaturated/α-hetero) is 1. The van der Waals surface area contributed by atoms with Gasteiger partial charge in [-0.15, -0.1) is 6.58 Å². The fraction of sp³-hybridized carbons (Fsp3) is 0.765. The zero-order chi connectivity index (χ0) is 36.0. The van der Waals surface area contributed by atoms with Gasteiger partial charge in [0, 0.05) is 19.6 Å². The van der Waals surface area contributed by atoms with Crippen LogP contribution in [-0.4, -0.2) is 114 Å². The van der Waals surface area contributed by atoms with Crippen molar-refractivity contribution in [2.24, 2.45) is 22.7 Å². The van der Waals surface area contributed by atoms with E-state index in [0.29, 0.717) is 12.8 Å². The third kappa shape index (κ3) is 10.0. The van der Waals surface area contributed by atoms with E-state index in [4.69, 9.17) is 4.74 Å². The van der Waals surface area contributed by atoms with Crippen LogP contribution >= 0.6 is 0 Å². The van der Waals surface area contributed by atoms with Crippen molar-refractivity contribution in [3.8, 4) is 0 Å². The lowest BCUT2D eigenvalue weighted by Gasteiger charge is -2.40. The minimum atomic E-state index is -1.14. The second kappa shape index (κ2) is 16.3. The molecule has 1 aliphatic carbocycles. The fourth-order valence-electron chi connectivity index (χ4n) is 6.25. The normalized spacial score (nSPS) is 23.8. The Balaban J connectivity index is 1.77. The Kier molecular flexibility index (Phi) is 13.2. The van der Waals surface area contributed by atoms with Crippen LogP contribution in [0.3, 0.4) is 0 Å². The molecule has 0 aromatic rings. The highest BCUT2D eigenvalue weighted by Crippen LogP contribution is 2.32. The first-order chi connectivity index (χ1) is 22.3. The molecule has 0 aromatic carbocycles. The SMILES string of the molecule is C=CCNC(=O)C(=O)C(CC1CCC1)NC(=O)[C@@H]1[C@@H](C)CCN1C(=O)[C@@H](NC(=O)N[C@H](CN1C(=O)COCC1O)C(C)(C)C)C(C)(C)C. The molecule has 48 heavy (non-hydrogen) atoms. The Hall–Kier alpha value is -3.52. The maximum Gasteiger partial charge on any atom is 0.315 e. The van der Waals surface area contributed by atoms with E-state index in [0.717, 1.165) is 19.3 Å². The third-order valence-electron chi connectivity index (χ3n) is 9.60. The van der Waals surface area contributed by atoms with Crippen molar-refractivity contribution in [3.05, 3.63) is 12.7 Å². The molecule has 1 saturated carbocycles. The molecular weight excluding hydrogens is 620 g/mol. The number of aliphatic hydroxyl groups excluding tert-OH is 1. The van der Waals surface area contributed by atoms with Gasteiger partial charge in [0.1, 0.15) is 18.7 Å². The summed E-state index contributed by atoms with van der Waals surface area (Å²) in [5, 5.41) is 21.4. The summed E-state index contributed by atoms with van der Waals surface area (Å²) >= 11 is 0. The second-order valence-electron chi connectivity index (χ2n) is 15.6. The van der Waals surface area contributed by atoms with Crippen molar-refractivity contribution in [2.75, 3.05) is 32.8 Å². The number of carbonyl (C=O) groups excluding carboxylic acids is 6. The topological polar surface area (TPSA) is 186 Å². The summed E-state index contributed by atoms with van der Waals surface area (Å²) in [5.74, 6) is -2.89. The lowest BCUT2D eigenvalue weighted by molar-refractivity contribution is -0.166. The molecular formula is C34H56N6O8. The molecule has 0 radical (unpaired) electrons. The number of nitrogens with zero attached hydrogens (tertiary/aromatic N) is 2. The molecule has 14 nitrogen and oxygen atoms in total. The van der Waals surface area contributed by atoms with E-state index in [-0.39, 0.29) is 44.7 Å². The number of ketones is 1. The van der Waals surface area contributed by atoms with Crippen molar-refractivity contribution < 1.29 is 38.6 Å². The predicted octanol–water partition coefficient (Wildman–Crippen LogP) is 1.08. The van der Waals surface area contributed by atoms with Crippen molar-refractivity contribution in [1.82, 2.24) is 31.1 Å². The van der Waals surface area contributed by atoms with Crippen LogP contribution in [0.1, 0.15) is 80.6 Å². The van der Waals surface area contributed by atoms with Crippen LogP contribution in [-0.2, 0) is 28.7 Å². The molecule has 0 aromatic heterocycles. The second-order valence-corrected chi connectivity index (χ2v) is 15.6. The summed E-state index contributed by atoms with van der Waals surface area (Å²) in [6, 6.07) is -4.19. The first kappa shape index (κ1) is 38.9. The molecule has 0 spiro atoms. The van der Waals surface area contributed by atoms with E-state index in [9.17, 15) is 33.9 Å². The Morgan fingerprint density at radius 1 is 1.02 bits per heavy atom. The van der Waals surface area contributed by atoms with Crippen LogP contribution < -0.4 is 21.3 Å². The monoisotopic (exact) mass is 676 g/mol. The van der Waals surface area contributed by atoms with E-state index >= 15 is 0 Å². The van der Waals surface area contributed by atoms with Gasteiger partial charge in [-0.05, 0) is 35.5 Å². The van der Waals surface area contributed by atoms with Gasteiger partial charge in [-0.1, -0.05) is 73.8 Å². The van der Waals surface area contributed by atoms with Gasteiger partial charge in [-0.3, -0.25) is 24.0 Å². The lowest BCUT2D eigenvalue weighted by Crippen LogP contribution is -2.63. The lowest BCUT2D eigenvalue weighted by atomic mass is 9.80. The van der Waals surface area contributed by atoms with E-state index in [1.54, 1.807) is 0 Å². The van der Waals surface area contributed by atoms with Gasteiger partial charge < -0.3 is 40.9 Å². The van der Waals surface area contributed by atoms with Gasteiger partial charge in [0.2, 0.25) is 17.6 Å². The number of morpholine rings is 1. The number of amides is 6. The molecule has 2 aliphatic heterocycles. The number of ether oxygens (including phenoxy) is 1. The summed E-state index contributed by atoms with van der Waals surface area (Å²) in [7, 11) is 0. The molecule has 2 unspecified atom stereocenters. The third-order valence-corrected chi connectivity index (χ3v) is 9.60. The minimum absolute atomic E-state index is 0.0314. The van der Waals surface area contributed by atoms with Crippen molar-refractivity contribution in [2.45, 2.75) is 111 Å². The molecule has 3 rings (SSSR count). The van der Waals surface area contributed by atoms with Crippen LogP contribution in [0.25, 0.3) is 0 Å². The van der Waals surface area contributed by atoms with Crippen LogP contribution in [0.5, 0.6) is 0 Å². The number of aliphatic hydroxyl groups is 1. The molecule has 6 amide bonds. The van der Waals surface area contributed by atoms with E-state index in [2.05, 4.69) is 27.8 Å². The highest BCUT2D eigenvalue weighted by atomic mass is 16.5. The Morgan fingerprint density at radius 3 is 2.23 bits per heavy atom. The van der Waals surface area contributed by atoms with Crippen LogP contribution in [0.4, 0.5) is 4.79 Å². The summed E-state index contributed by atoms with van der Waals surface area (Å²) < 4.78 is 5.10. The molecule has 2 saturated heterocycles. The molecule has 3 aliphatic rings. The number of hydrogen-bond acceptors (Lipinski definition) is 8. The van der Waals surface area contributed by atoms with E-state index in [1.807, 2.05) is 48.5 Å². The van der Waals surface area contributed by atoms with Crippen LogP contribution in [0.15, 0.2) is 12.7 Å². The van der Waals surface area contributed by atoms with Crippen molar-refractivity contribution in [3.63, 3.8) is 0 Å². The number of likely N-dealkylation sites (tertiary alicyclic amines) is 1. The van der Waals surface area contributed by atoms with Crippen molar-refractivity contribution in [1.29, 1.82) is 0 Å². The summed E-state index contributed by atoms with van der Waals surface area (Å²) in [5.41, 5.74) is -1.29. The first-order valence-corrected chi connectivity index (χ1v) is 17.0. The average Bonchev–Trinajstić information content (AvgIpc) is 3.36. The standard InChI is InChI=1S/C34H56N6O8/c1-9-14-35-30(45)27(43)22(16-21-11-10-12-21)36-29(44)26-20(2)13-15-39(26)31(46)28(34(6,7)8)38-32(47)37-23(33(3,4)5)17-40-24(41)18-48-19-25(40)42/h9,20-24,26,28,41H,1,10-19H2,2-8H3,(H,35,45)(H,36,44)(H2,37,38,47)/t20-,22?,23+,24?,26-,28+/m0/s1. The van der Waals surface area contributed by atoms with E-state index < -0.39 is 76.7 Å². The van der Waals surface area contributed by atoms with Crippen LogP contribution in [0, 0.1) is 22.7 Å². The number of carbonyl (C=O) groups is 6. The van der Waals surface area contributed by atoms with Gasteiger partial charge in [0.15, 0.2) is 6.23 Å². The Labute approximate surface area is 284 Å². The number of nitrogens with one attached hydrogen (secondary N) is 4. The fourth-order valence-corrected chi connectivity index (χ4v) is 6.25. The summed E-state index contributed by atoms with van der Waals surface area (Å²) in [6.07, 6.45) is 4.06. The molecule has 0 bridgehead atoms. The maximum absolute atomic E-state index is 14.2. The number of hydrogen-bond donors (Lipinski definition) is 5.